The number of hydrogen-bond donors (Lipinski definition) is 2. The predicted octanol–water partition coefficient (Wildman–Crippen LogP) is 1.12. The van der Waals surface area contributed by atoms with Crippen molar-refractivity contribution < 1.29 is 0 Å². The van der Waals surface area contributed by atoms with Crippen LogP contribution < -0.4 is 11.5 Å². The molecule has 0 saturated carbocycles. The molecular formula is C12H12ClN5. The van der Waals surface area contributed by atoms with E-state index in [-0.39, 0.29) is 23.2 Å². The molecule has 0 radical (unpaired) electrons. The lowest BCUT2D eigenvalue weighted by atomic mass is 9.98. The van der Waals surface area contributed by atoms with E-state index in [0.717, 1.165) is 12.0 Å². The number of aromatic nitrogens is 3. The van der Waals surface area contributed by atoms with Gasteiger partial charge in [0.1, 0.15) is 5.82 Å². The molecule has 3 rings (SSSR count). The van der Waals surface area contributed by atoms with Gasteiger partial charge in [0.05, 0.1) is 5.92 Å². The molecule has 0 bridgehead atoms. The summed E-state index contributed by atoms with van der Waals surface area (Å²) in [5.74, 6) is 0.607. The number of halogens is 1. The van der Waals surface area contributed by atoms with Crippen LogP contribution in [0.4, 0.5) is 5.95 Å². The Kier molecular flexibility index (Phi) is 2.65. The number of fused-ring (bicyclic) bond motifs is 1. The van der Waals surface area contributed by atoms with Gasteiger partial charge in [-0.2, -0.15) is 9.97 Å². The van der Waals surface area contributed by atoms with Gasteiger partial charge in [-0.15, -0.1) is 0 Å². The predicted molar refractivity (Wildman–Crippen MR) is 69.2 cm³/mol. The molecule has 0 spiro atoms. The summed E-state index contributed by atoms with van der Waals surface area (Å²) in [6.45, 7) is 0. The van der Waals surface area contributed by atoms with Crippen LogP contribution in [-0.2, 0) is 6.42 Å². The normalized spacial score (nSPS) is 21.9. The van der Waals surface area contributed by atoms with Crippen molar-refractivity contribution in [3.05, 3.63) is 46.5 Å². The maximum absolute atomic E-state index is 6.18. The lowest BCUT2D eigenvalue weighted by Crippen LogP contribution is -2.27. The highest BCUT2D eigenvalue weighted by Gasteiger charge is 2.33. The quantitative estimate of drug-likeness (QED) is 0.803. The summed E-state index contributed by atoms with van der Waals surface area (Å²) in [6, 6.07) is 8.04. The van der Waals surface area contributed by atoms with E-state index in [1.54, 1.807) is 0 Å². The summed E-state index contributed by atoms with van der Waals surface area (Å²) in [5.41, 5.74) is 14.2. The number of nitrogens with two attached hydrogens (primary N) is 2. The van der Waals surface area contributed by atoms with Gasteiger partial charge in [0, 0.05) is 6.04 Å². The van der Waals surface area contributed by atoms with E-state index >= 15 is 0 Å². The van der Waals surface area contributed by atoms with E-state index in [2.05, 4.69) is 21.0 Å². The highest BCUT2D eigenvalue weighted by Crippen LogP contribution is 2.35. The van der Waals surface area contributed by atoms with Crippen LogP contribution in [0.3, 0.4) is 0 Å². The smallest absolute Gasteiger partial charge is 0.227 e. The van der Waals surface area contributed by atoms with Gasteiger partial charge in [0.25, 0.3) is 0 Å². The Morgan fingerprint density at radius 1 is 1.17 bits per heavy atom. The first-order chi connectivity index (χ1) is 8.65. The first-order valence-corrected chi connectivity index (χ1v) is 6.03. The van der Waals surface area contributed by atoms with Crippen LogP contribution in [0.2, 0.25) is 5.28 Å². The van der Waals surface area contributed by atoms with Crippen molar-refractivity contribution in [3.8, 4) is 0 Å². The summed E-state index contributed by atoms with van der Waals surface area (Å²) in [5, 5.41) is 0.106. The van der Waals surface area contributed by atoms with Gasteiger partial charge in [0.2, 0.25) is 11.2 Å². The molecule has 0 saturated heterocycles. The molecule has 1 aromatic carbocycles. The number of rotatable bonds is 1. The molecule has 0 fully saturated rings. The second-order valence-corrected chi connectivity index (χ2v) is 4.70. The van der Waals surface area contributed by atoms with Crippen molar-refractivity contribution in [1.29, 1.82) is 0 Å². The Labute approximate surface area is 109 Å². The minimum absolute atomic E-state index is 0.0553. The van der Waals surface area contributed by atoms with Crippen LogP contribution in [0.25, 0.3) is 0 Å². The fraction of sp³-hybridized carbons (Fsp3) is 0.250. The average molecular weight is 262 g/mol. The molecule has 18 heavy (non-hydrogen) atoms. The third-order valence-electron chi connectivity index (χ3n) is 3.19. The average Bonchev–Trinajstić information content (AvgIpc) is 2.63. The largest absolute Gasteiger partial charge is 0.368 e. The van der Waals surface area contributed by atoms with Gasteiger partial charge in [-0.05, 0) is 29.1 Å². The lowest BCUT2D eigenvalue weighted by molar-refractivity contribution is 0.611. The van der Waals surface area contributed by atoms with Crippen LogP contribution in [0, 0.1) is 0 Å². The summed E-state index contributed by atoms with van der Waals surface area (Å²) in [4.78, 5) is 12.1. The van der Waals surface area contributed by atoms with E-state index in [1.165, 1.54) is 5.56 Å². The third kappa shape index (κ3) is 1.81. The molecule has 92 valence electrons. The molecule has 1 aromatic heterocycles. The minimum atomic E-state index is -0.0657. The Bertz CT molecular complexity index is 581. The molecule has 2 atom stereocenters. The number of hydrogen-bond acceptors (Lipinski definition) is 5. The first kappa shape index (κ1) is 11.4. The third-order valence-corrected chi connectivity index (χ3v) is 3.36. The monoisotopic (exact) mass is 261 g/mol. The van der Waals surface area contributed by atoms with E-state index in [9.17, 15) is 0 Å². The Hall–Kier alpha value is -1.72. The van der Waals surface area contributed by atoms with Crippen LogP contribution in [0.1, 0.15) is 22.9 Å². The molecule has 1 heterocycles. The van der Waals surface area contributed by atoms with E-state index in [1.807, 2.05) is 18.2 Å². The van der Waals surface area contributed by atoms with Crippen LogP contribution >= 0.6 is 11.6 Å². The Morgan fingerprint density at radius 3 is 2.72 bits per heavy atom. The molecule has 5 nitrogen and oxygen atoms in total. The van der Waals surface area contributed by atoms with Crippen LogP contribution in [0.15, 0.2) is 24.3 Å². The van der Waals surface area contributed by atoms with Crippen molar-refractivity contribution in [2.45, 2.75) is 18.4 Å². The number of nitrogen functional groups attached to an aromatic ring is 1. The molecule has 0 aliphatic heterocycles. The lowest BCUT2D eigenvalue weighted by Gasteiger charge is -2.15. The number of nitrogens with zero attached hydrogens (tertiary/aromatic N) is 3. The zero-order valence-corrected chi connectivity index (χ0v) is 10.3. The zero-order chi connectivity index (χ0) is 12.7. The van der Waals surface area contributed by atoms with Crippen LogP contribution in [0.5, 0.6) is 0 Å². The van der Waals surface area contributed by atoms with Gasteiger partial charge < -0.3 is 11.5 Å². The van der Waals surface area contributed by atoms with Crippen molar-refractivity contribution in [2.75, 3.05) is 5.73 Å². The van der Waals surface area contributed by atoms with Crippen molar-refractivity contribution >= 4 is 17.5 Å². The summed E-state index contributed by atoms with van der Waals surface area (Å²) in [7, 11) is 0. The molecule has 2 aromatic rings. The van der Waals surface area contributed by atoms with Gasteiger partial charge in [0.15, 0.2) is 0 Å². The molecule has 6 heteroatoms. The maximum Gasteiger partial charge on any atom is 0.227 e. The second kappa shape index (κ2) is 4.19. The number of anilines is 1. The van der Waals surface area contributed by atoms with Crippen molar-refractivity contribution in [2.24, 2.45) is 5.73 Å². The Balaban J connectivity index is 2.11. The molecular weight excluding hydrogens is 250 g/mol. The fourth-order valence-electron chi connectivity index (χ4n) is 2.48. The van der Waals surface area contributed by atoms with Crippen LogP contribution in [-0.4, -0.2) is 21.0 Å². The molecule has 0 amide bonds. The minimum Gasteiger partial charge on any atom is -0.368 e. The number of benzene rings is 1. The van der Waals surface area contributed by atoms with E-state index in [0.29, 0.717) is 5.82 Å². The highest BCUT2D eigenvalue weighted by atomic mass is 35.5. The van der Waals surface area contributed by atoms with Gasteiger partial charge in [-0.25, -0.2) is 4.98 Å². The summed E-state index contributed by atoms with van der Waals surface area (Å²) < 4.78 is 0. The van der Waals surface area contributed by atoms with Gasteiger partial charge in [-0.1, -0.05) is 24.3 Å². The first-order valence-electron chi connectivity index (χ1n) is 5.65. The Morgan fingerprint density at radius 2 is 1.94 bits per heavy atom. The van der Waals surface area contributed by atoms with E-state index in [4.69, 9.17) is 23.1 Å². The van der Waals surface area contributed by atoms with Crippen molar-refractivity contribution in [3.63, 3.8) is 0 Å². The van der Waals surface area contributed by atoms with Gasteiger partial charge >= 0.3 is 0 Å². The zero-order valence-electron chi connectivity index (χ0n) is 9.55. The topological polar surface area (TPSA) is 90.7 Å². The fourth-order valence-corrected chi connectivity index (χ4v) is 2.65. The molecule has 2 unspecified atom stereocenters. The molecule has 4 N–H and O–H groups in total. The standard InChI is InChI=1S/C12H12ClN5/c13-11-16-10(17-12(15)18-11)9-7-4-2-1-3-6(7)5-8(9)14/h1-4,8-9H,5,14H2,(H2,15,16,17,18). The second-order valence-electron chi connectivity index (χ2n) is 4.37. The van der Waals surface area contributed by atoms with Crippen molar-refractivity contribution in [1.82, 2.24) is 15.0 Å². The summed E-state index contributed by atoms with van der Waals surface area (Å²) >= 11 is 5.82. The highest BCUT2D eigenvalue weighted by molar-refractivity contribution is 6.28. The van der Waals surface area contributed by atoms with E-state index < -0.39 is 0 Å². The molecule has 1 aliphatic carbocycles. The molecule has 1 aliphatic rings. The van der Waals surface area contributed by atoms with Gasteiger partial charge in [-0.3, -0.25) is 0 Å². The SMILES string of the molecule is Nc1nc(Cl)nc(C2c3ccccc3CC2N)n1. The maximum atomic E-state index is 6.18. The summed E-state index contributed by atoms with van der Waals surface area (Å²) in [6.07, 6.45) is 0.810.